The van der Waals surface area contributed by atoms with Crippen LogP contribution in [0.1, 0.15) is 97.4 Å². The first kappa shape index (κ1) is 42.7. The van der Waals surface area contributed by atoms with E-state index in [0.717, 1.165) is 16.5 Å². The van der Waals surface area contributed by atoms with Crippen molar-refractivity contribution in [2.75, 3.05) is 0 Å². The van der Waals surface area contributed by atoms with E-state index in [1.165, 1.54) is 60.5 Å². The summed E-state index contributed by atoms with van der Waals surface area (Å²) in [6, 6.07) is 32.5. The molecule has 0 amide bonds. The van der Waals surface area contributed by atoms with Crippen LogP contribution in [-0.4, -0.2) is 0 Å². The Morgan fingerprint density at radius 3 is 1.82 bits per heavy atom. The Bertz CT molecular complexity index is 2020. The quantitative estimate of drug-likeness (QED) is 0.164. The van der Waals surface area contributed by atoms with Gasteiger partial charge in [0, 0.05) is 10.0 Å². The number of benzene rings is 4. The van der Waals surface area contributed by atoms with Crippen LogP contribution in [0.25, 0.3) is 21.5 Å². The molecule has 3 aliphatic carbocycles. The van der Waals surface area contributed by atoms with E-state index in [9.17, 15) is 0 Å². The average molecular weight is 822 g/mol. The van der Waals surface area contributed by atoms with Crippen LogP contribution in [0, 0.1) is 16.9 Å². The summed E-state index contributed by atoms with van der Waals surface area (Å²) in [7, 11) is 0. The molecule has 5 aromatic rings. The zero-order valence-corrected chi connectivity index (χ0v) is 36.4. The predicted octanol–water partition coefficient (Wildman–Crippen LogP) is 7.74. The summed E-state index contributed by atoms with van der Waals surface area (Å²) >= 11 is 12.2. The first-order valence-corrected chi connectivity index (χ1v) is 17.7. The van der Waals surface area contributed by atoms with Gasteiger partial charge in [-0.05, 0) is 58.6 Å². The SMILES string of the molecule is CC(C)(C)C1=C2C(c3ccc(Cl)cc3)C1=[C-]C2(C)Cc1ccc(Cl)cc1.CC(C)(C)c1ccc2[cH-]c3cccc(C(C)(C)C)c3c2c1.[Cl-].[Cl-].[Zr+4]. The van der Waals surface area contributed by atoms with Crippen molar-refractivity contribution in [3.63, 3.8) is 0 Å². The van der Waals surface area contributed by atoms with Crippen molar-refractivity contribution in [3.8, 4) is 0 Å². The van der Waals surface area contributed by atoms with Crippen LogP contribution in [0.5, 0.6) is 0 Å². The first-order chi connectivity index (χ1) is 21.9. The Morgan fingerprint density at radius 2 is 1.28 bits per heavy atom. The molecule has 3 aliphatic rings. The van der Waals surface area contributed by atoms with E-state index in [2.05, 4.69) is 142 Å². The first-order valence-electron chi connectivity index (χ1n) is 16.9. The summed E-state index contributed by atoms with van der Waals surface area (Å²) in [5, 5.41) is 7.13. The van der Waals surface area contributed by atoms with Gasteiger partial charge in [0.05, 0.1) is 0 Å². The van der Waals surface area contributed by atoms with Crippen LogP contribution in [0.4, 0.5) is 0 Å². The van der Waals surface area contributed by atoms with E-state index < -0.39 is 0 Å². The second-order valence-electron chi connectivity index (χ2n) is 16.9. The van der Waals surface area contributed by atoms with Gasteiger partial charge in [0.25, 0.3) is 0 Å². The Morgan fingerprint density at radius 1 is 0.700 bits per heavy atom. The topological polar surface area (TPSA) is 0 Å². The Balaban J connectivity index is 0.000000260. The predicted molar refractivity (Wildman–Crippen MR) is 205 cm³/mol. The average Bonchev–Trinajstić information content (AvgIpc) is 3.59. The molecule has 0 radical (unpaired) electrons. The molecule has 5 aromatic carbocycles. The molecule has 0 saturated heterocycles. The number of hydrogen-bond donors (Lipinski definition) is 0. The summed E-state index contributed by atoms with van der Waals surface area (Å²) in [5.74, 6) is 0.360. The van der Waals surface area contributed by atoms with E-state index >= 15 is 0 Å². The fourth-order valence-corrected chi connectivity index (χ4v) is 7.94. The number of hydrogen-bond acceptors (Lipinski definition) is 0. The van der Waals surface area contributed by atoms with Crippen LogP contribution in [-0.2, 0) is 43.5 Å². The van der Waals surface area contributed by atoms with Crippen LogP contribution in [0.15, 0.2) is 108 Å². The monoisotopic (exact) mass is 818 g/mol. The van der Waals surface area contributed by atoms with Crippen molar-refractivity contribution in [1.82, 2.24) is 0 Å². The van der Waals surface area contributed by atoms with Gasteiger partial charge < -0.3 is 24.8 Å². The van der Waals surface area contributed by atoms with Crippen molar-refractivity contribution in [1.29, 1.82) is 0 Å². The molecular weight excluding hydrogens is 774 g/mol. The molecule has 0 spiro atoms. The normalized spacial score (nSPS) is 18.3. The van der Waals surface area contributed by atoms with Gasteiger partial charge in [-0.15, -0.1) is 45.3 Å². The molecule has 2 unspecified atom stereocenters. The van der Waals surface area contributed by atoms with Gasteiger partial charge in [-0.2, -0.15) is 5.57 Å². The third-order valence-corrected chi connectivity index (χ3v) is 10.5. The minimum Gasteiger partial charge on any atom is -1.00 e. The molecule has 8 rings (SSSR count). The Labute approximate surface area is 342 Å². The number of rotatable bonds is 3. The fraction of sp³-hybridized carbons (Fsp3) is 0.356. The fourth-order valence-electron chi connectivity index (χ4n) is 7.69. The van der Waals surface area contributed by atoms with Crippen LogP contribution in [0.2, 0.25) is 10.0 Å². The maximum Gasteiger partial charge on any atom is 4.00 e. The number of halogens is 4. The van der Waals surface area contributed by atoms with Crippen LogP contribution >= 0.6 is 23.2 Å². The van der Waals surface area contributed by atoms with E-state index in [1.807, 2.05) is 24.3 Å². The molecule has 260 valence electrons. The van der Waals surface area contributed by atoms with Crippen molar-refractivity contribution < 1.29 is 51.0 Å². The van der Waals surface area contributed by atoms with Gasteiger partial charge >= 0.3 is 26.2 Å². The van der Waals surface area contributed by atoms with Gasteiger partial charge in [0.2, 0.25) is 0 Å². The molecule has 0 nitrogen and oxygen atoms in total. The minimum absolute atomic E-state index is 0. The molecule has 0 aromatic heterocycles. The third kappa shape index (κ3) is 8.24. The molecule has 2 atom stereocenters. The van der Waals surface area contributed by atoms with Gasteiger partial charge in [-0.1, -0.05) is 163 Å². The molecular formula is C45H48Cl4Zr. The summed E-state index contributed by atoms with van der Waals surface area (Å²) in [5.41, 5.74) is 10.3. The summed E-state index contributed by atoms with van der Waals surface area (Å²) in [4.78, 5) is 0. The third-order valence-electron chi connectivity index (χ3n) is 9.95. The van der Waals surface area contributed by atoms with Crippen LogP contribution in [0.3, 0.4) is 0 Å². The van der Waals surface area contributed by atoms with Crippen LogP contribution < -0.4 is 24.8 Å². The molecule has 2 bridgehead atoms. The Kier molecular flexibility index (Phi) is 13.1. The van der Waals surface area contributed by atoms with Crippen molar-refractivity contribution >= 4 is 44.7 Å². The smallest absolute Gasteiger partial charge is 1.00 e. The second kappa shape index (κ2) is 15.3. The minimum atomic E-state index is -0.0594. The van der Waals surface area contributed by atoms with E-state index in [-0.39, 0.29) is 72.7 Å². The van der Waals surface area contributed by atoms with Gasteiger partial charge in [-0.3, -0.25) is 6.08 Å². The molecule has 0 N–H and O–H groups in total. The van der Waals surface area contributed by atoms with Crippen molar-refractivity contribution in [2.24, 2.45) is 10.8 Å². The number of fused-ring (bicyclic) bond motifs is 4. The van der Waals surface area contributed by atoms with Crippen molar-refractivity contribution in [3.05, 3.63) is 146 Å². The Hall–Kier alpha value is -1.73. The molecule has 0 saturated carbocycles. The van der Waals surface area contributed by atoms with E-state index in [0.29, 0.717) is 5.92 Å². The zero-order chi connectivity index (χ0) is 34.1. The van der Waals surface area contributed by atoms with Gasteiger partial charge in [-0.25, -0.2) is 5.57 Å². The molecule has 0 fully saturated rings. The second-order valence-corrected chi connectivity index (χ2v) is 17.8. The number of allylic oxidation sites excluding steroid dienone is 4. The standard InChI is InChI=1S/C24H23Cl2.C21H25.2ClH.Zr/c1-23(2,3)21-19-14-24(4,13-15-5-9-17(25)10-6-15)22(21)20(19)16-7-11-18(26)12-8-16;1-20(2,3)16-11-10-14-12-15-8-7-9-18(21(4,5)6)19(15)17(14)13-16;;;/h5-12,20H,13H2,1-4H3;7-13H,1-6H3;2*1H;/q2*-1;;;+4/p-2. The molecule has 5 heteroatoms. The van der Waals surface area contributed by atoms with E-state index in [4.69, 9.17) is 23.2 Å². The summed E-state index contributed by atoms with van der Waals surface area (Å²) in [6.07, 6.45) is 4.81. The molecule has 50 heavy (non-hydrogen) atoms. The zero-order valence-electron chi connectivity index (χ0n) is 31.0. The maximum absolute atomic E-state index is 6.10. The molecule has 0 heterocycles. The van der Waals surface area contributed by atoms with Gasteiger partial charge in [0.15, 0.2) is 0 Å². The summed E-state index contributed by atoms with van der Waals surface area (Å²) < 4.78 is 0. The summed E-state index contributed by atoms with van der Waals surface area (Å²) in [6.45, 7) is 23.0. The van der Waals surface area contributed by atoms with E-state index in [1.54, 1.807) is 0 Å². The van der Waals surface area contributed by atoms with Crippen molar-refractivity contribution in [2.45, 2.75) is 92.4 Å². The maximum atomic E-state index is 6.10. The largest absolute Gasteiger partial charge is 4.00 e. The van der Waals surface area contributed by atoms with Gasteiger partial charge in [0.1, 0.15) is 0 Å². The molecule has 0 aliphatic heterocycles.